The molecular weight excluding hydrogens is 346 g/mol. The molecule has 2 aliphatic heterocycles. The van der Waals surface area contributed by atoms with Gasteiger partial charge in [-0.1, -0.05) is 12.1 Å². The fourth-order valence-electron chi connectivity index (χ4n) is 3.89. The van der Waals surface area contributed by atoms with Gasteiger partial charge in [-0.3, -0.25) is 19.3 Å². The smallest absolute Gasteiger partial charge is 0.257 e. The molecule has 7 heteroatoms. The molecule has 1 N–H and O–H groups in total. The number of hydrogen-bond donors (Lipinski definition) is 1. The van der Waals surface area contributed by atoms with Crippen LogP contribution in [0.15, 0.2) is 24.3 Å². The maximum absolute atomic E-state index is 13.1. The number of ether oxygens (including phenoxy) is 1. The van der Waals surface area contributed by atoms with Gasteiger partial charge in [0.15, 0.2) is 0 Å². The fourth-order valence-corrected chi connectivity index (χ4v) is 3.89. The lowest BCUT2D eigenvalue weighted by atomic mass is 9.98. The van der Waals surface area contributed by atoms with E-state index in [1.807, 2.05) is 26.0 Å². The first kappa shape index (κ1) is 19.4. The van der Waals surface area contributed by atoms with Crippen LogP contribution in [0.4, 0.5) is 5.69 Å². The third kappa shape index (κ3) is 3.69. The Balaban J connectivity index is 1.67. The molecule has 3 amide bonds. The molecule has 1 aromatic rings. The van der Waals surface area contributed by atoms with Gasteiger partial charge in [-0.25, -0.2) is 0 Å². The van der Waals surface area contributed by atoms with Crippen molar-refractivity contribution >= 4 is 23.4 Å². The molecule has 0 radical (unpaired) electrons. The van der Waals surface area contributed by atoms with Crippen molar-refractivity contribution in [3.05, 3.63) is 29.8 Å². The Morgan fingerprint density at radius 2 is 2.07 bits per heavy atom. The minimum Gasteiger partial charge on any atom is -0.382 e. The summed E-state index contributed by atoms with van der Waals surface area (Å²) < 4.78 is 5.25. The van der Waals surface area contributed by atoms with Gasteiger partial charge < -0.3 is 15.0 Å². The van der Waals surface area contributed by atoms with E-state index in [1.54, 1.807) is 21.9 Å². The van der Waals surface area contributed by atoms with E-state index in [0.29, 0.717) is 43.9 Å². The quantitative estimate of drug-likeness (QED) is 0.706. The molecule has 0 spiro atoms. The summed E-state index contributed by atoms with van der Waals surface area (Å²) in [6.07, 6.45) is 1.94. The number of nitrogens with zero attached hydrogens (tertiary/aromatic N) is 2. The van der Waals surface area contributed by atoms with Crippen LogP contribution in [0.5, 0.6) is 0 Å². The molecule has 1 aromatic carbocycles. The predicted octanol–water partition coefficient (Wildman–Crippen LogP) is 1.92. The largest absolute Gasteiger partial charge is 0.382 e. The van der Waals surface area contributed by atoms with Gasteiger partial charge in [0.25, 0.3) is 5.91 Å². The van der Waals surface area contributed by atoms with Gasteiger partial charge in [0, 0.05) is 39.1 Å². The second-order valence-electron chi connectivity index (χ2n) is 7.07. The lowest BCUT2D eigenvalue weighted by molar-refractivity contribution is -0.121. The van der Waals surface area contributed by atoms with E-state index in [-0.39, 0.29) is 30.7 Å². The summed E-state index contributed by atoms with van der Waals surface area (Å²) >= 11 is 0. The molecule has 1 saturated heterocycles. The number of amides is 3. The Morgan fingerprint density at radius 1 is 1.30 bits per heavy atom. The third-order valence-electron chi connectivity index (χ3n) is 5.30. The highest BCUT2D eigenvalue weighted by Crippen LogP contribution is 2.43. The van der Waals surface area contributed by atoms with Crippen molar-refractivity contribution in [2.45, 2.75) is 45.2 Å². The highest BCUT2D eigenvalue weighted by Gasteiger charge is 2.52. The van der Waals surface area contributed by atoms with Gasteiger partial charge in [-0.15, -0.1) is 0 Å². The number of hydrogen-bond acceptors (Lipinski definition) is 4. The molecule has 146 valence electrons. The highest BCUT2D eigenvalue weighted by molar-refractivity contribution is 6.10. The van der Waals surface area contributed by atoms with Gasteiger partial charge in [0.05, 0.1) is 11.3 Å². The molecular formula is C20H27N3O4. The van der Waals surface area contributed by atoms with Crippen molar-refractivity contribution in [2.75, 3.05) is 31.2 Å². The maximum atomic E-state index is 13.1. The summed E-state index contributed by atoms with van der Waals surface area (Å²) in [6, 6.07) is 7.19. The molecule has 0 aromatic heterocycles. The van der Waals surface area contributed by atoms with Crippen LogP contribution in [-0.2, 0) is 14.3 Å². The fraction of sp³-hybridized carbons (Fsp3) is 0.550. The molecule has 0 saturated carbocycles. The van der Waals surface area contributed by atoms with Crippen molar-refractivity contribution in [2.24, 2.45) is 0 Å². The van der Waals surface area contributed by atoms with Crippen molar-refractivity contribution < 1.29 is 19.1 Å². The lowest BCUT2D eigenvalue weighted by Gasteiger charge is -2.48. The number of nitrogens with one attached hydrogen (secondary N) is 1. The van der Waals surface area contributed by atoms with Crippen LogP contribution in [0.25, 0.3) is 0 Å². The van der Waals surface area contributed by atoms with Crippen LogP contribution in [0.2, 0.25) is 0 Å². The SMILES string of the molecule is CCOCCCNC(=O)CCN1C(=O)c2ccccc2N2C(=O)CCC12C. The number of carbonyl (C=O) groups is 3. The van der Waals surface area contributed by atoms with Gasteiger partial charge in [-0.05, 0) is 38.8 Å². The van der Waals surface area contributed by atoms with E-state index in [9.17, 15) is 14.4 Å². The minimum absolute atomic E-state index is 0.0165. The van der Waals surface area contributed by atoms with Crippen LogP contribution < -0.4 is 10.2 Å². The van der Waals surface area contributed by atoms with Crippen LogP contribution in [-0.4, -0.2) is 54.6 Å². The Hall–Kier alpha value is -2.41. The normalized spacial score (nSPS) is 21.3. The average molecular weight is 373 g/mol. The maximum Gasteiger partial charge on any atom is 0.257 e. The monoisotopic (exact) mass is 373 g/mol. The van der Waals surface area contributed by atoms with E-state index in [1.165, 1.54) is 0 Å². The molecule has 1 atom stereocenters. The van der Waals surface area contributed by atoms with Crippen LogP contribution in [0, 0.1) is 0 Å². The van der Waals surface area contributed by atoms with Gasteiger partial charge in [-0.2, -0.15) is 0 Å². The Kier molecular flexibility index (Phi) is 5.79. The molecule has 7 nitrogen and oxygen atoms in total. The molecule has 27 heavy (non-hydrogen) atoms. The van der Waals surface area contributed by atoms with Gasteiger partial charge in [0.1, 0.15) is 5.66 Å². The summed E-state index contributed by atoms with van der Waals surface area (Å²) in [5.74, 6) is -0.205. The molecule has 3 rings (SSSR count). The van der Waals surface area contributed by atoms with E-state index in [0.717, 1.165) is 6.42 Å². The Morgan fingerprint density at radius 3 is 2.85 bits per heavy atom. The standard InChI is InChI=1S/C20H27N3O4/c1-3-27-14-6-12-21-17(24)10-13-22-19(26)15-7-4-5-8-16(15)23-18(25)9-11-20(22,23)2/h4-5,7-8H,3,6,9-14H2,1-2H3,(H,21,24). The zero-order valence-electron chi connectivity index (χ0n) is 16.0. The summed E-state index contributed by atoms with van der Waals surface area (Å²) in [5, 5.41) is 2.86. The number of benzene rings is 1. The molecule has 1 fully saturated rings. The zero-order valence-corrected chi connectivity index (χ0v) is 16.0. The topological polar surface area (TPSA) is 79.0 Å². The first-order chi connectivity index (χ1) is 13.0. The van der Waals surface area contributed by atoms with Crippen LogP contribution in [0.1, 0.15) is 49.9 Å². The summed E-state index contributed by atoms with van der Waals surface area (Å²) in [6.45, 7) is 5.96. The number of para-hydroxylation sites is 1. The lowest BCUT2D eigenvalue weighted by Crippen LogP contribution is -2.62. The number of anilines is 1. The number of fused-ring (bicyclic) bond motifs is 3. The molecule has 0 bridgehead atoms. The van der Waals surface area contributed by atoms with Gasteiger partial charge >= 0.3 is 0 Å². The van der Waals surface area contributed by atoms with Crippen LogP contribution in [0.3, 0.4) is 0 Å². The first-order valence-electron chi connectivity index (χ1n) is 9.57. The van der Waals surface area contributed by atoms with Crippen molar-refractivity contribution in [1.82, 2.24) is 10.2 Å². The predicted molar refractivity (Wildman–Crippen MR) is 101 cm³/mol. The van der Waals surface area contributed by atoms with E-state index in [4.69, 9.17) is 4.74 Å². The Bertz CT molecular complexity index is 736. The first-order valence-corrected chi connectivity index (χ1v) is 9.57. The van der Waals surface area contributed by atoms with Gasteiger partial charge in [0.2, 0.25) is 11.8 Å². The Labute approximate surface area is 159 Å². The second kappa shape index (κ2) is 8.08. The minimum atomic E-state index is -0.711. The molecule has 2 aliphatic rings. The third-order valence-corrected chi connectivity index (χ3v) is 5.30. The average Bonchev–Trinajstić information content (AvgIpc) is 2.97. The number of carbonyl (C=O) groups excluding carboxylic acids is 3. The zero-order chi connectivity index (χ0) is 19.4. The molecule has 2 heterocycles. The van der Waals surface area contributed by atoms with E-state index in [2.05, 4.69) is 5.32 Å². The molecule has 0 aliphatic carbocycles. The van der Waals surface area contributed by atoms with E-state index >= 15 is 0 Å². The van der Waals surface area contributed by atoms with Crippen molar-refractivity contribution in [3.8, 4) is 0 Å². The van der Waals surface area contributed by atoms with E-state index < -0.39 is 5.66 Å². The highest BCUT2D eigenvalue weighted by atomic mass is 16.5. The second-order valence-corrected chi connectivity index (χ2v) is 7.07. The summed E-state index contributed by atoms with van der Waals surface area (Å²) in [7, 11) is 0. The van der Waals surface area contributed by atoms with Crippen molar-refractivity contribution in [3.63, 3.8) is 0 Å². The summed E-state index contributed by atoms with van der Waals surface area (Å²) in [5.41, 5.74) is 0.476. The number of rotatable bonds is 8. The molecule has 1 unspecified atom stereocenters. The van der Waals surface area contributed by atoms with Crippen LogP contribution >= 0.6 is 0 Å². The summed E-state index contributed by atoms with van der Waals surface area (Å²) in [4.78, 5) is 41.1. The van der Waals surface area contributed by atoms with Crippen molar-refractivity contribution in [1.29, 1.82) is 0 Å².